The van der Waals surface area contributed by atoms with Crippen molar-refractivity contribution in [2.24, 2.45) is 13.0 Å². The summed E-state index contributed by atoms with van der Waals surface area (Å²) in [6.07, 6.45) is 7.20. The molecule has 3 atom stereocenters. The van der Waals surface area contributed by atoms with Crippen LogP contribution in [0.3, 0.4) is 0 Å². The van der Waals surface area contributed by atoms with Crippen molar-refractivity contribution in [3.8, 4) is 11.8 Å². The topological polar surface area (TPSA) is 78.7 Å². The summed E-state index contributed by atoms with van der Waals surface area (Å²) in [7, 11) is -1.88. The average molecular weight is 455 g/mol. The predicted octanol–water partition coefficient (Wildman–Crippen LogP) is 1.79. The van der Waals surface area contributed by atoms with E-state index in [1.54, 1.807) is 22.1 Å². The van der Waals surface area contributed by atoms with Crippen LogP contribution in [0, 0.1) is 17.8 Å². The molecule has 8 heteroatoms. The summed E-state index contributed by atoms with van der Waals surface area (Å²) in [5.74, 6) is 7.19. The van der Waals surface area contributed by atoms with Gasteiger partial charge >= 0.3 is 0 Å². The Balaban J connectivity index is 1.39. The Morgan fingerprint density at radius 1 is 1.16 bits per heavy atom. The molecule has 3 aliphatic rings. The number of imidazole rings is 1. The van der Waals surface area contributed by atoms with Gasteiger partial charge in [0.25, 0.3) is 10.0 Å². The SMILES string of the molecule is Cn1cnc(S(=O)(=O)N2CCCCN3[C@H](CO)[C@H](c4ccc(C#CC5CC5)cc4)[C@@H]3C2)c1. The number of aromatic nitrogens is 2. The lowest BCUT2D eigenvalue weighted by molar-refractivity contribution is -0.0554. The van der Waals surface area contributed by atoms with Gasteiger partial charge in [-0.3, -0.25) is 4.90 Å². The summed E-state index contributed by atoms with van der Waals surface area (Å²) in [5.41, 5.74) is 2.15. The molecule has 1 aromatic heterocycles. The number of rotatable bonds is 4. The molecular formula is C24H30N4O3S. The Morgan fingerprint density at radius 3 is 2.56 bits per heavy atom. The number of aryl methyl sites for hydroxylation is 1. The molecule has 1 saturated carbocycles. The quantitative estimate of drug-likeness (QED) is 0.713. The number of aliphatic hydroxyl groups excluding tert-OH is 1. The first-order valence-corrected chi connectivity index (χ1v) is 12.9. The standard InChI is InChI=1S/C24H30N4O3S/c1-26-15-23(25-17-26)32(30,31)27-12-2-3-13-28-21(14-27)24(22(28)16-29)20-10-8-19(9-11-20)7-6-18-4-5-18/h8-11,15,17-18,21-22,24,29H,2-5,12-14,16H2,1H3/t21-,22+,24+/m0/s1. The van der Waals surface area contributed by atoms with Gasteiger partial charge in [-0.05, 0) is 49.9 Å². The molecule has 0 unspecified atom stereocenters. The van der Waals surface area contributed by atoms with Crippen LogP contribution in [0.25, 0.3) is 0 Å². The van der Waals surface area contributed by atoms with Crippen molar-refractivity contribution >= 4 is 10.0 Å². The maximum atomic E-state index is 13.3. The van der Waals surface area contributed by atoms with Crippen LogP contribution in [-0.2, 0) is 17.1 Å². The van der Waals surface area contributed by atoms with E-state index in [1.165, 1.54) is 19.2 Å². The minimum Gasteiger partial charge on any atom is -0.395 e. The fourth-order valence-electron chi connectivity index (χ4n) is 4.98. The lowest BCUT2D eigenvalue weighted by Crippen LogP contribution is -2.67. The van der Waals surface area contributed by atoms with Crippen molar-refractivity contribution in [3.05, 3.63) is 47.9 Å². The van der Waals surface area contributed by atoms with E-state index in [1.807, 2.05) is 12.1 Å². The van der Waals surface area contributed by atoms with Gasteiger partial charge in [0.05, 0.1) is 12.9 Å². The zero-order valence-corrected chi connectivity index (χ0v) is 19.2. The van der Waals surface area contributed by atoms with Crippen LogP contribution < -0.4 is 0 Å². The van der Waals surface area contributed by atoms with Gasteiger partial charge in [-0.15, -0.1) is 0 Å². The first-order chi connectivity index (χ1) is 15.5. The maximum Gasteiger partial charge on any atom is 0.262 e. The Bertz CT molecular complexity index is 1130. The monoisotopic (exact) mass is 454 g/mol. The van der Waals surface area contributed by atoms with Gasteiger partial charge in [0, 0.05) is 55.8 Å². The largest absolute Gasteiger partial charge is 0.395 e. The molecule has 1 aliphatic carbocycles. The third-order valence-electron chi connectivity index (χ3n) is 6.91. The van der Waals surface area contributed by atoms with Crippen LogP contribution in [0.4, 0.5) is 0 Å². The van der Waals surface area contributed by atoms with Crippen LogP contribution in [0.15, 0.2) is 41.8 Å². The highest BCUT2D eigenvalue weighted by Crippen LogP contribution is 2.42. The molecule has 2 aliphatic heterocycles. The van der Waals surface area contributed by atoms with E-state index in [-0.39, 0.29) is 29.6 Å². The predicted molar refractivity (Wildman–Crippen MR) is 121 cm³/mol. The molecule has 1 aromatic carbocycles. The summed E-state index contributed by atoms with van der Waals surface area (Å²) >= 11 is 0. The minimum absolute atomic E-state index is 0.0147. The molecule has 2 saturated heterocycles. The molecule has 5 rings (SSSR count). The van der Waals surface area contributed by atoms with E-state index in [2.05, 4.69) is 33.9 Å². The number of benzene rings is 1. The molecule has 0 radical (unpaired) electrons. The Kier molecular flexibility index (Phi) is 5.84. The lowest BCUT2D eigenvalue weighted by Gasteiger charge is -2.57. The molecule has 0 amide bonds. The summed E-state index contributed by atoms with van der Waals surface area (Å²) in [6.45, 7) is 1.85. The molecule has 170 valence electrons. The van der Waals surface area contributed by atoms with E-state index >= 15 is 0 Å². The highest BCUT2D eigenvalue weighted by atomic mass is 32.2. The Labute approximate surface area is 190 Å². The summed E-state index contributed by atoms with van der Waals surface area (Å²) in [4.78, 5) is 6.38. The highest BCUT2D eigenvalue weighted by molar-refractivity contribution is 7.89. The third-order valence-corrected chi connectivity index (χ3v) is 8.66. The second-order valence-electron chi connectivity index (χ2n) is 9.19. The molecule has 2 aromatic rings. The van der Waals surface area contributed by atoms with Crippen molar-refractivity contribution in [1.29, 1.82) is 0 Å². The van der Waals surface area contributed by atoms with Crippen LogP contribution in [-0.4, -0.2) is 70.6 Å². The van der Waals surface area contributed by atoms with Crippen molar-refractivity contribution < 1.29 is 13.5 Å². The molecule has 0 bridgehead atoms. The molecule has 1 N–H and O–H groups in total. The summed E-state index contributed by atoms with van der Waals surface area (Å²) in [6, 6.07) is 8.34. The van der Waals surface area contributed by atoms with Crippen LogP contribution in [0.5, 0.6) is 0 Å². The molecule has 7 nitrogen and oxygen atoms in total. The van der Waals surface area contributed by atoms with Crippen LogP contribution in [0.2, 0.25) is 0 Å². The van der Waals surface area contributed by atoms with E-state index in [9.17, 15) is 13.5 Å². The zero-order chi connectivity index (χ0) is 22.3. The Morgan fingerprint density at radius 2 is 1.91 bits per heavy atom. The molecule has 3 heterocycles. The van der Waals surface area contributed by atoms with Crippen molar-refractivity contribution in [2.45, 2.75) is 48.7 Å². The molecule has 32 heavy (non-hydrogen) atoms. The van der Waals surface area contributed by atoms with E-state index < -0.39 is 10.0 Å². The van der Waals surface area contributed by atoms with Gasteiger partial charge in [-0.1, -0.05) is 24.0 Å². The van der Waals surface area contributed by atoms with Gasteiger partial charge in [-0.25, -0.2) is 13.4 Å². The fraction of sp³-hybridized carbons (Fsp3) is 0.542. The normalized spacial score (nSPS) is 26.9. The van der Waals surface area contributed by atoms with Gasteiger partial charge in [0.15, 0.2) is 5.03 Å². The Hall–Kier alpha value is -2.18. The maximum absolute atomic E-state index is 13.3. The average Bonchev–Trinajstić information content (AvgIpc) is 3.49. The van der Waals surface area contributed by atoms with Gasteiger partial charge < -0.3 is 9.67 Å². The number of sulfonamides is 1. The van der Waals surface area contributed by atoms with E-state index in [0.29, 0.717) is 19.0 Å². The highest BCUT2D eigenvalue weighted by Gasteiger charge is 2.50. The number of nitrogens with zero attached hydrogens (tertiary/aromatic N) is 4. The van der Waals surface area contributed by atoms with Crippen LogP contribution in [0.1, 0.15) is 42.7 Å². The number of hydrogen-bond donors (Lipinski definition) is 1. The van der Waals surface area contributed by atoms with Crippen molar-refractivity contribution in [2.75, 3.05) is 26.2 Å². The number of fused-ring (bicyclic) bond motifs is 1. The summed E-state index contributed by atoms with van der Waals surface area (Å²) in [5, 5.41) is 10.2. The molecule has 3 fully saturated rings. The lowest BCUT2D eigenvalue weighted by atomic mass is 9.74. The second-order valence-corrected chi connectivity index (χ2v) is 11.1. The third kappa shape index (κ3) is 4.11. The van der Waals surface area contributed by atoms with Gasteiger partial charge in [0.2, 0.25) is 0 Å². The van der Waals surface area contributed by atoms with E-state index in [4.69, 9.17) is 0 Å². The molecule has 0 spiro atoms. The van der Waals surface area contributed by atoms with Gasteiger partial charge in [-0.2, -0.15) is 4.31 Å². The minimum atomic E-state index is -3.66. The van der Waals surface area contributed by atoms with Crippen molar-refractivity contribution in [3.63, 3.8) is 0 Å². The first kappa shape index (κ1) is 21.7. The molecular weight excluding hydrogens is 424 g/mol. The number of aliphatic hydroxyl groups is 1. The fourth-order valence-corrected chi connectivity index (χ4v) is 6.45. The summed E-state index contributed by atoms with van der Waals surface area (Å²) < 4.78 is 29.8. The van der Waals surface area contributed by atoms with Crippen molar-refractivity contribution in [1.82, 2.24) is 18.8 Å². The zero-order valence-electron chi connectivity index (χ0n) is 18.4. The second kappa shape index (κ2) is 8.64. The van der Waals surface area contributed by atoms with Gasteiger partial charge in [0.1, 0.15) is 0 Å². The number of hydrogen-bond acceptors (Lipinski definition) is 5. The first-order valence-electron chi connectivity index (χ1n) is 11.4. The smallest absolute Gasteiger partial charge is 0.262 e. The van der Waals surface area contributed by atoms with Crippen LogP contribution >= 0.6 is 0 Å². The van der Waals surface area contributed by atoms with E-state index in [0.717, 1.165) is 30.5 Å².